The number of ether oxygens (including phenoxy) is 1. The highest BCUT2D eigenvalue weighted by Gasteiger charge is 2.43. The number of anilines is 1. The third-order valence-corrected chi connectivity index (χ3v) is 7.33. The molecule has 0 saturated heterocycles. The number of carbonyl (C=O) groups is 2. The monoisotopic (exact) mass is 347 g/mol. The van der Waals surface area contributed by atoms with E-state index in [-0.39, 0.29) is 17.8 Å². The molecule has 1 amide bonds. The van der Waals surface area contributed by atoms with Crippen LogP contribution in [0.1, 0.15) is 65.7 Å². The summed E-state index contributed by atoms with van der Waals surface area (Å²) in [6, 6.07) is 0. The second-order valence-electron chi connectivity index (χ2n) is 7.53. The molecule has 3 aliphatic carbocycles. The number of aryl methyl sites for hydroxylation is 1. The minimum atomic E-state index is -0.308. The number of nitrogens with one attached hydrogen (secondary N) is 1. The molecule has 5 heteroatoms. The van der Waals surface area contributed by atoms with Gasteiger partial charge >= 0.3 is 5.97 Å². The van der Waals surface area contributed by atoms with Gasteiger partial charge in [-0.15, -0.1) is 11.3 Å². The first-order valence-corrected chi connectivity index (χ1v) is 10.0. The van der Waals surface area contributed by atoms with Gasteiger partial charge in [0.05, 0.1) is 12.7 Å². The summed E-state index contributed by atoms with van der Waals surface area (Å²) in [5, 5.41) is 3.83. The van der Waals surface area contributed by atoms with E-state index in [1.807, 2.05) is 0 Å². The van der Waals surface area contributed by atoms with E-state index < -0.39 is 0 Å². The van der Waals surface area contributed by atoms with E-state index in [4.69, 9.17) is 4.74 Å². The Morgan fingerprint density at radius 1 is 1.12 bits per heavy atom. The lowest BCUT2D eigenvalue weighted by molar-refractivity contribution is -0.121. The van der Waals surface area contributed by atoms with Gasteiger partial charge in [-0.3, -0.25) is 4.79 Å². The van der Waals surface area contributed by atoms with Gasteiger partial charge in [-0.25, -0.2) is 4.79 Å². The summed E-state index contributed by atoms with van der Waals surface area (Å²) >= 11 is 1.59. The molecule has 1 aromatic rings. The number of thiophene rings is 1. The van der Waals surface area contributed by atoms with Crippen LogP contribution < -0.4 is 5.32 Å². The number of hydrogen-bond donors (Lipinski definition) is 1. The van der Waals surface area contributed by atoms with Gasteiger partial charge in [0.25, 0.3) is 0 Å². The van der Waals surface area contributed by atoms with Gasteiger partial charge in [0.15, 0.2) is 0 Å². The van der Waals surface area contributed by atoms with E-state index in [0.717, 1.165) is 48.6 Å². The van der Waals surface area contributed by atoms with Gasteiger partial charge in [-0.2, -0.15) is 0 Å². The summed E-state index contributed by atoms with van der Waals surface area (Å²) < 4.78 is 5.02. The van der Waals surface area contributed by atoms with Crippen molar-refractivity contribution in [2.24, 2.45) is 17.8 Å². The molecule has 2 bridgehead atoms. The van der Waals surface area contributed by atoms with Crippen LogP contribution in [0.3, 0.4) is 0 Å². The lowest BCUT2D eigenvalue weighted by atomic mass is 9.88. The van der Waals surface area contributed by atoms with Crippen molar-refractivity contribution >= 4 is 28.2 Å². The zero-order valence-corrected chi connectivity index (χ0v) is 15.0. The van der Waals surface area contributed by atoms with Gasteiger partial charge in [0.2, 0.25) is 5.91 Å². The van der Waals surface area contributed by atoms with Gasteiger partial charge in [0.1, 0.15) is 5.00 Å². The fourth-order valence-corrected chi connectivity index (χ4v) is 6.20. The Bertz CT molecular complexity index is 666. The zero-order chi connectivity index (χ0) is 16.7. The first-order chi connectivity index (χ1) is 11.7. The van der Waals surface area contributed by atoms with Crippen molar-refractivity contribution in [2.75, 3.05) is 12.4 Å². The zero-order valence-electron chi connectivity index (χ0n) is 14.2. The summed E-state index contributed by atoms with van der Waals surface area (Å²) in [5.41, 5.74) is 1.74. The van der Waals surface area contributed by atoms with E-state index in [9.17, 15) is 9.59 Å². The molecule has 0 radical (unpaired) electrons. The predicted molar refractivity (Wildman–Crippen MR) is 94.5 cm³/mol. The average Bonchev–Trinajstić information content (AvgIpc) is 3.25. The SMILES string of the molecule is COC(=O)c1c(NC(=O)C2CC3CCC2C3)sc2c1CCCCC2. The van der Waals surface area contributed by atoms with E-state index in [0.29, 0.717) is 11.5 Å². The molecule has 24 heavy (non-hydrogen) atoms. The van der Waals surface area contributed by atoms with Gasteiger partial charge < -0.3 is 10.1 Å². The van der Waals surface area contributed by atoms with Crippen LogP contribution in [0.5, 0.6) is 0 Å². The van der Waals surface area contributed by atoms with Crippen molar-refractivity contribution in [3.8, 4) is 0 Å². The Balaban J connectivity index is 1.60. The van der Waals surface area contributed by atoms with Crippen LogP contribution in [0.25, 0.3) is 0 Å². The number of hydrogen-bond acceptors (Lipinski definition) is 4. The first-order valence-electron chi connectivity index (χ1n) is 9.21. The van der Waals surface area contributed by atoms with Crippen molar-refractivity contribution in [3.05, 3.63) is 16.0 Å². The molecule has 0 spiro atoms. The molecule has 0 aromatic carbocycles. The minimum absolute atomic E-state index is 0.115. The molecule has 2 fully saturated rings. The number of carbonyl (C=O) groups excluding carboxylic acids is 2. The number of amides is 1. The maximum absolute atomic E-state index is 12.8. The van der Waals surface area contributed by atoms with Gasteiger partial charge in [-0.05, 0) is 62.3 Å². The molecule has 4 nitrogen and oxygen atoms in total. The fraction of sp³-hybridized carbons (Fsp3) is 0.684. The topological polar surface area (TPSA) is 55.4 Å². The third-order valence-electron chi connectivity index (χ3n) is 6.12. The smallest absolute Gasteiger partial charge is 0.341 e. The summed E-state index contributed by atoms with van der Waals surface area (Å²) in [6.45, 7) is 0. The summed E-state index contributed by atoms with van der Waals surface area (Å²) in [4.78, 5) is 26.4. The molecular formula is C19H25NO3S. The molecule has 3 aliphatic rings. The molecule has 1 heterocycles. The number of fused-ring (bicyclic) bond motifs is 3. The van der Waals surface area contributed by atoms with Gasteiger partial charge in [-0.1, -0.05) is 12.8 Å². The average molecular weight is 347 g/mol. The molecule has 1 aromatic heterocycles. The number of rotatable bonds is 3. The highest BCUT2D eigenvalue weighted by molar-refractivity contribution is 7.17. The third kappa shape index (κ3) is 2.77. The fourth-order valence-electron chi connectivity index (χ4n) is 4.92. The van der Waals surface area contributed by atoms with Gasteiger partial charge in [0, 0.05) is 10.8 Å². The predicted octanol–water partition coefficient (Wildman–Crippen LogP) is 4.18. The van der Waals surface area contributed by atoms with Crippen molar-refractivity contribution in [1.29, 1.82) is 0 Å². The second-order valence-corrected chi connectivity index (χ2v) is 8.64. The lowest BCUT2D eigenvalue weighted by Gasteiger charge is -2.20. The summed E-state index contributed by atoms with van der Waals surface area (Å²) in [6.07, 6.45) is 10.1. The van der Waals surface area contributed by atoms with Crippen molar-refractivity contribution in [3.63, 3.8) is 0 Å². The van der Waals surface area contributed by atoms with Crippen molar-refractivity contribution in [2.45, 2.75) is 57.8 Å². The highest BCUT2D eigenvalue weighted by Crippen LogP contribution is 2.49. The van der Waals surface area contributed by atoms with Crippen LogP contribution in [0, 0.1) is 17.8 Å². The van der Waals surface area contributed by atoms with Crippen LogP contribution in [-0.4, -0.2) is 19.0 Å². The molecule has 130 valence electrons. The van der Waals surface area contributed by atoms with Crippen LogP contribution in [0.15, 0.2) is 0 Å². The Morgan fingerprint density at radius 2 is 1.96 bits per heavy atom. The Kier molecular flexibility index (Phi) is 4.37. The quantitative estimate of drug-likeness (QED) is 0.659. The maximum Gasteiger partial charge on any atom is 0.341 e. The van der Waals surface area contributed by atoms with Crippen LogP contribution in [0.4, 0.5) is 5.00 Å². The molecule has 4 rings (SSSR count). The summed E-state index contributed by atoms with van der Waals surface area (Å²) in [7, 11) is 1.42. The molecular weight excluding hydrogens is 322 g/mol. The first kappa shape index (κ1) is 16.1. The molecule has 2 saturated carbocycles. The van der Waals surface area contributed by atoms with Crippen LogP contribution in [-0.2, 0) is 22.4 Å². The minimum Gasteiger partial charge on any atom is -0.465 e. The molecule has 1 N–H and O–H groups in total. The van der Waals surface area contributed by atoms with Crippen molar-refractivity contribution < 1.29 is 14.3 Å². The Hall–Kier alpha value is -1.36. The highest BCUT2D eigenvalue weighted by atomic mass is 32.1. The largest absolute Gasteiger partial charge is 0.465 e. The molecule has 3 atom stereocenters. The normalized spacial score (nSPS) is 28.3. The Labute approximate surface area is 147 Å². The molecule has 0 aliphatic heterocycles. The number of esters is 1. The second kappa shape index (κ2) is 6.51. The maximum atomic E-state index is 12.8. The van der Waals surface area contributed by atoms with Crippen molar-refractivity contribution in [1.82, 2.24) is 0 Å². The molecule has 3 unspecified atom stereocenters. The van der Waals surface area contributed by atoms with E-state index >= 15 is 0 Å². The van der Waals surface area contributed by atoms with E-state index in [2.05, 4.69) is 5.32 Å². The van der Waals surface area contributed by atoms with Crippen LogP contribution in [0.2, 0.25) is 0 Å². The lowest BCUT2D eigenvalue weighted by Crippen LogP contribution is -2.27. The van der Waals surface area contributed by atoms with E-state index in [1.165, 1.54) is 37.7 Å². The number of methoxy groups -OCH3 is 1. The standard InChI is InChI=1S/C19H25NO3S/c1-23-19(22)16-13-5-3-2-4-6-15(13)24-18(16)20-17(21)14-10-11-7-8-12(14)9-11/h11-12,14H,2-10H2,1H3,(H,20,21). The van der Waals surface area contributed by atoms with E-state index in [1.54, 1.807) is 11.3 Å². The van der Waals surface area contributed by atoms with Crippen LogP contribution >= 0.6 is 11.3 Å². The summed E-state index contributed by atoms with van der Waals surface area (Å²) in [5.74, 6) is 1.23. The Morgan fingerprint density at radius 3 is 2.67 bits per heavy atom.